The van der Waals surface area contributed by atoms with Crippen LogP contribution in [0.25, 0.3) is 10.9 Å². The van der Waals surface area contributed by atoms with Crippen molar-refractivity contribution in [3.8, 4) is 0 Å². The maximum absolute atomic E-state index is 12.7. The Bertz CT molecular complexity index is 1130. The summed E-state index contributed by atoms with van der Waals surface area (Å²) in [7, 11) is 1.35. The Morgan fingerprint density at radius 2 is 1.93 bits per heavy atom. The number of fused-ring (bicyclic) bond motifs is 1. The molecule has 4 rings (SSSR count). The zero-order valence-corrected chi connectivity index (χ0v) is 14.8. The number of carbonyl (C=O) groups is 1. The number of aromatic nitrogens is 4. The van der Waals surface area contributed by atoms with E-state index in [2.05, 4.69) is 19.9 Å². The molecule has 9 heteroatoms. The summed E-state index contributed by atoms with van der Waals surface area (Å²) in [6, 6.07) is 5.99. The van der Waals surface area contributed by atoms with Crippen molar-refractivity contribution in [2.45, 2.75) is 0 Å². The number of benzene rings is 1. The Balaban J connectivity index is 1.50. The molecule has 0 radical (unpaired) electrons. The molecule has 0 aliphatic carbocycles. The monoisotopic (exact) mass is 366 g/mol. The van der Waals surface area contributed by atoms with Crippen LogP contribution in [0, 0.1) is 0 Å². The van der Waals surface area contributed by atoms with E-state index in [1.807, 2.05) is 18.2 Å². The summed E-state index contributed by atoms with van der Waals surface area (Å²) in [5.41, 5.74) is 0.789. The fourth-order valence-electron chi connectivity index (χ4n) is 3.23. The molecule has 138 valence electrons. The Morgan fingerprint density at radius 1 is 1.15 bits per heavy atom. The van der Waals surface area contributed by atoms with Gasteiger partial charge in [0, 0.05) is 56.7 Å². The number of carbonyl (C=O) groups excluding carboxylic acids is 1. The van der Waals surface area contributed by atoms with Crippen LogP contribution in [0.1, 0.15) is 10.4 Å². The average molecular weight is 366 g/mol. The number of aromatic amines is 1. The number of H-pyrrole nitrogens is 1. The standard InChI is InChI=1S/C18H18N6O3/c1-22-16(25)14(10-20-18(22)27)17(26)24-6-4-23(5-7-24)13-2-3-15-12(8-13)9-19-11-21-15/h2-3,8-11H,4-7H2,1H3,(H,20,27). The molecule has 9 nitrogen and oxygen atoms in total. The van der Waals surface area contributed by atoms with Crippen LogP contribution in [0.5, 0.6) is 0 Å². The highest BCUT2D eigenvalue weighted by molar-refractivity contribution is 5.93. The van der Waals surface area contributed by atoms with Gasteiger partial charge in [0.15, 0.2) is 0 Å². The second kappa shape index (κ2) is 6.67. The normalized spacial score (nSPS) is 14.6. The maximum Gasteiger partial charge on any atom is 0.328 e. The SMILES string of the molecule is Cn1c(=O)[nH]cc(C(=O)N2CCN(c3ccc4ncncc4c3)CC2)c1=O. The first-order chi connectivity index (χ1) is 13.0. The minimum atomic E-state index is -0.583. The molecule has 1 saturated heterocycles. The van der Waals surface area contributed by atoms with Gasteiger partial charge in [0.1, 0.15) is 11.9 Å². The molecular weight excluding hydrogens is 348 g/mol. The Hall–Kier alpha value is -3.49. The first-order valence-corrected chi connectivity index (χ1v) is 8.57. The van der Waals surface area contributed by atoms with Crippen LogP contribution >= 0.6 is 0 Å². The first kappa shape index (κ1) is 17.0. The lowest BCUT2D eigenvalue weighted by atomic mass is 10.2. The van der Waals surface area contributed by atoms with Gasteiger partial charge in [0.05, 0.1) is 5.52 Å². The largest absolute Gasteiger partial charge is 0.368 e. The topological polar surface area (TPSA) is 104 Å². The van der Waals surface area contributed by atoms with Crippen molar-refractivity contribution in [2.24, 2.45) is 7.05 Å². The van der Waals surface area contributed by atoms with E-state index in [0.717, 1.165) is 21.2 Å². The lowest BCUT2D eigenvalue weighted by Crippen LogP contribution is -2.50. The van der Waals surface area contributed by atoms with Crippen molar-refractivity contribution >= 4 is 22.5 Å². The third kappa shape index (κ3) is 3.07. The quantitative estimate of drug-likeness (QED) is 0.684. The maximum atomic E-state index is 12.7. The first-order valence-electron chi connectivity index (χ1n) is 8.57. The number of nitrogens with zero attached hydrogens (tertiary/aromatic N) is 5. The lowest BCUT2D eigenvalue weighted by Gasteiger charge is -2.36. The van der Waals surface area contributed by atoms with E-state index in [-0.39, 0.29) is 11.5 Å². The van der Waals surface area contributed by atoms with Gasteiger partial charge in [0.25, 0.3) is 11.5 Å². The number of nitrogens with one attached hydrogen (secondary N) is 1. The van der Waals surface area contributed by atoms with E-state index in [4.69, 9.17) is 0 Å². The minimum Gasteiger partial charge on any atom is -0.368 e. The molecule has 1 aliphatic rings. The molecule has 1 aliphatic heterocycles. The number of anilines is 1. The Morgan fingerprint density at radius 3 is 2.70 bits per heavy atom. The third-order valence-electron chi connectivity index (χ3n) is 4.83. The van der Waals surface area contributed by atoms with Gasteiger partial charge in [0.2, 0.25) is 0 Å². The summed E-state index contributed by atoms with van der Waals surface area (Å²) in [5, 5.41) is 0.963. The van der Waals surface area contributed by atoms with Crippen LogP contribution in [0.2, 0.25) is 0 Å². The van der Waals surface area contributed by atoms with Gasteiger partial charge in [-0.25, -0.2) is 14.8 Å². The summed E-state index contributed by atoms with van der Waals surface area (Å²) in [5.74, 6) is -0.363. The van der Waals surface area contributed by atoms with E-state index in [0.29, 0.717) is 26.2 Å². The van der Waals surface area contributed by atoms with Crippen LogP contribution in [0.3, 0.4) is 0 Å². The molecule has 0 spiro atoms. The van der Waals surface area contributed by atoms with Gasteiger partial charge in [-0.2, -0.15) is 0 Å². The summed E-state index contributed by atoms with van der Waals surface area (Å²) in [4.78, 5) is 50.8. The van der Waals surface area contributed by atoms with Crippen LogP contribution in [0.4, 0.5) is 5.69 Å². The summed E-state index contributed by atoms with van der Waals surface area (Å²) >= 11 is 0. The van der Waals surface area contributed by atoms with E-state index < -0.39 is 11.2 Å². The molecular formula is C18H18N6O3. The van der Waals surface area contributed by atoms with E-state index in [1.54, 1.807) is 11.1 Å². The Kier molecular flexibility index (Phi) is 4.19. The number of hydrogen-bond acceptors (Lipinski definition) is 6. The van der Waals surface area contributed by atoms with Crippen LogP contribution in [-0.4, -0.2) is 56.5 Å². The zero-order chi connectivity index (χ0) is 19.0. The van der Waals surface area contributed by atoms with Crippen molar-refractivity contribution in [3.63, 3.8) is 0 Å². The number of rotatable bonds is 2. The molecule has 1 amide bonds. The van der Waals surface area contributed by atoms with Gasteiger partial charge in [-0.1, -0.05) is 0 Å². The summed E-state index contributed by atoms with van der Waals surface area (Å²) < 4.78 is 0.903. The van der Waals surface area contributed by atoms with Crippen molar-refractivity contribution in [3.05, 3.63) is 63.3 Å². The highest BCUT2D eigenvalue weighted by atomic mass is 16.2. The van der Waals surface area contributed by atoms with Gasteiger partial charge >= 0.3 is 5.69 Å². The fourth-order valence-corrected chi connectivity index (χ4v) is 3.23. The van der Waals surface area contributed by atoms with Gasteiger partial charge in [-0.05, 0) is 18.2 Å². The average Bonchev–Trinajstić information content (AvgIpc) is 2.71. The Labute approximate surface area is 153 Å². The fraction of sp³-hybridized carbons (Fsp3) is 0.278. The molecule has 27 heavy (non-hydrogen) atoms. The molecule has 3 aromatic rings. The van der Waals surface area contributed by atoms with Crippen molar-refractivity contribution in [2.75, 3.05) is 31.1 Å². The third-order valence-corrected chi connectivity index (χ3v) is 4.83. The molecule has 0 unspecified atom stereocenters. The minimum absolute atomic E-state index is 0.0200. The van der Waals surface area contributed by atoms with Crippen LogP contribution in [0.15, 0.2) is 46.5 Å². The van der Waals surface area contributed by atoms with Gasteiger partial charge in [-0.15, -0.1) is 0 Å². The smallest absolute Gasteiger partial charge is 0.328 e. The molecule has 1 N–H and O–H groups in total. The molecule has 0 bridgehead atoms. The van der Waals surface area contributed by atoms with Crippen molar-refractivity contribution in [1.29, 1.82) is 0 Å². The highest BCUT2D eigenvalue weighted by Crippen LogP contribution is 2.21. The molecule has 2 aromatic heterocycles. The molecule has 0 atom stereocenters. The number of hydrogen-bond donors (Lipinski definition) is 1. The van der Waals surface area contributed by atoms with Crippen LogP contribution < -0.4 is 16.1 Å². The van der Waals surface area contributed by atoms with E-state index in [9.17, 15) is 14.4 Å². The number of piperazine rings is 1. The molecule has 1 aromatic carbocycles. The predicted octanol–water partition coefficient (Wildman–Crippen LogP) is -0.0208. The molecule has 0 saturated carbocycles. The molecule has 1 fully saturated rings. The zero-order valence-electron chi connectivity index (χ0n) is 14.8. The summed E-state index contributed by atoms with van der Waals surface area (Å²) in [6.07, 6.45) is 4.49. The second-order valence-corrected chi connectivity index (χ2v) is 6.42. The highest BCUT2D eigenvalue weighted by Gasteiger charge is 2.25. The van der Waals surface area contributed by atoms with Crippen molar-refractivity contribution in [1.82, 2.24) is 24.4 Å². The predicted molar refractivity (Wildman–Crippen MR) is 100.0 cm³/mol. The molecule has 3 heterocycles. The van der Waals surface area contributed by atoms with Crippen molar-refractivity contribution < 1.29 is 4.79 Å². The van der Waals surface area contributed by atoms with E-state index >= 15 is 0 Å². The second-order valence-electron chi connectivity index (χ2n) is 6.42. The van der Waals surface area contributed by atoms with E-state index in [1.165, 1.54) is 19.6 Å². The number of amides is 1. The van der Waals surface area contributed by atoms with Gasteiger partial charge < -0.3 is 14.8 Å². The van der Waals surface area contributed by atoms with Crippen LogP contribution in [-0.2, 0) is 7.05 Å². The lowest BCUT2D eigenvalue weighted by molar-refractivity contribution is 0.0743. The van der Waals surface area contributed by atoms with Gasteiger partial charge in [-0.3, -0.25) is 14.2 Å². The summed E-state index contributed by atoms with van der Waals surface area (Å²) in [6.45, 7) is 2.28.